The van der Waals surface area contributed by atoms with E-state index < -0.39 is 59.6 Å². The zero-order valence-corrected chi connectivity index (χ0v) is 22.8. The molecule has 1 aliphatic carbocycles. The molecule has 1 fully saturated rings. The molecule has 4 N–H and O–H groups in total. The molecule has 0 saturated heterocycles. The number of hydrogen-bond donors (Lipinski definition) is 4. The summed E-state index contributed by atoms with van der Waals surface area (Å²) in [6.45, 7) is -0.108. The van der Waals surface area contributed by atoms with Crippen molar-refractivity contribution in [1.82, 2.24) is 5.32 Å². The molecule has 12 heteroatoms. The topological polar surface area (TPSA) is 167 Å². The third-order valence-electron chi connectivity index (χ3n) is 7.18. The summed E-state index contributed by atoms with van der Waals surface area (Å²) in [6.07, 6.45) is -0.493. The summed E-state index contributed by atoms with van der Waals surface area (Å²) in [6, 6.07) is 17.5. The van der Waals surface area contributed by atoms with E-state index in [1.165, 1.54) is 0 Å². The van der Waals surface area contributed by atoms with Crippen LogP contribution >= 0.6 is 23.2 Å². The van der Waals surface area contributed by atoms with Crippen LogP contribution in [-0.2, 0) is 30.3 Å². The van der Waals surface area contributed by atoms with E-state index in [1.54, 1.807) is 36.4 Å². The SMILES string of the molecule is O=C(O[C@@H](CCNC(=O)C1[C@@H](C(=O)O)C(C(=O)O)[C@@H]1C(=O)O)Cc1ccc(Cl)c(Cl)c1)c1ccc2ccccc2c1. The Morgan fingerprint density at radius 2 is 1.37 bits per heavy atom. The molecule has 0 spiro atoms. The molecule has 3 atom stereocenters. The summed E-state index contributed by atoms with van der Waals surface area (Å²) in [4.78, 5) is 60.7. The van der Waals surface area contributed by atoms with E-state index in [4.69, 9.17) is 27.9 Å². The molecule has 1 aliphatic rings. The van der Waals surface area contributed by atoms with Crippen LogP contribution in [0.2, 0.25) is 10.0 Å². The van der Waals surface area contributed by atoms with Crippen molar-refractivity contribution in [2.45, 2.75) is 18.9 Å². The Balaban J connectivity index is 1.48. The second-order valence-corrected chi connectivity index (χ2v) is 10.6. The van der Waals surface area contributed by atoms with Gasteiger partial charge in [0.15, 0.2) is 0 Å². The number of rotatable bonds is 11. The molecule has 1 saturated carbocycles. The first kappa shape index (κ1) is 29.8. The molecular formula is C29H25Cl2NO9. The van der Waals surface area contributed by atoms with Gasteiger partial charge in [-0.15, -0.1) is 0 Å². The molecule has 0 aromatic heterocycles. The van der Waals surface area contributed by atoms with Gasteiger partial charge in [-0.1, -0.05) is 59.6 Å². The predicted molar refractivity (Wildman–Crippen MR) is 148 cm³/mol. The van der Waals surface area contributed by atoms with Crippen LogP contribution in [0.15, 0.2) is 60.7 Å². The summed E-state index contributed by atoms with van der Waals surface area (Å²) in [5.41, 5.74) is 1.01. The highest BCUT2D eigenvalue weighted by Gasteiger charge is 2.64. The monoisotopic (exact) mass is 601 g/mol. The molecule has 4 rings (SSSR count). The number of amides is 1. The van der Waals surface area contributed by atoms with Crippen LogP contribution < -0.4 is 5.32 Å². The number of aliphatic carboxylic acids is 3. The second kappa shape index (κ2) is 12.6. The van der Waals surface area contributed by atoms with Crippen molar-refractivity contribution in [1.29, 1.82) is 0 Å². The number of ether oxygens (including phenoxy) is 1. The number of halogens is 2. The smallest absolute Gasteiger partial charge is 0.338 e. The summed E-state index contributed by atoms with van der Waals surface area (Å²) in [7, 11) is 0. The van der Waals surface area contributed by atoms with Crippen LogP contribution in [0.25, 0.3) is 10.8 Å². The van der Waals surface area contributed by atoms with Gasteiger partial charge in [0, 0.05) is 19.4 Å². The number of hydrogen-bond acceptors (Lipinski definition) is 6. The molecule has 0 bridgehead atoms. The minimum Gasteiger partial charge on any atom is -0.481 e. The molecule has 10 nitrogen and oxygen atoms in total. The second-order valence-electron chi connectivity index (χ2n) is 9.74. The van der Waals surface area contributed by atoms with E-state index in [2.05, 4.69) is 5.32 Å². The summed E-state index contributed by atoms with van der Waals surface area (Å²) in [5, 5.41) is 33.1. The first-order chi connectivity index (χ1) is 19.5. The maximum absolute atomic E-state index is 13.1. The van der Waals surface area contributed by atoms with Crippen LogP contribution in [-0.4, -0.2) is 57.8 Å². The van der Waals surface area contributed by atoms with Crippen LogP contribution in [0.1, 0.15) is 22.3 Å². The number of carbonyl (C=O) groups excluding carboxylic acids is 2. The first-order valence-corrected chi connectivity index (χ1v) is 13.3. The van der Waals surface area contributed by atoms with E-state index in [-0.39, 0.29) is 19.4 Å². The Labute approximate surface area is 243 Å². The number of esters is 1. The van der Waals surface area contributed by atoms with E-state index in [0.29, 0.717) is 21.2 Å². The number of benzene rings is 3. The van der Waals surface area contributed by atoms with Crippen molar-refractivity contribution in [2.75, 3.05) is 6.54 Å². The van der Waals surface area contributed by atoms with Crippen LogP contribution in [0.5, 0.6) is 0 Å². The normalized spacial score (nSPS) is 20.4. The lowest BCUT2D eigenvalue weighted by atomic mass is 9.56. The zero-order valence-electron chi connectivity index (χ0n) is 21.3. The Bertz CT molecular complexity index is 1500. The fourth-order valence-electron chi connectivity index (χ4n) is 5.14. The van der Waals surface area contributed by atoms with Gasteiger partial charge in [0.05, 0.1) is 39.3 Å². The van der Waals surface area contributed by atoms with Gasteiger partial charge < -0.3 is 25.4 Å². The average molecular weight is 602 g/mol. The van der Waals surface area contributed by atoms with E-state index >= 15 is 0 Å². The minimum atomic E-state index is -1.73. The maximum Gasteiger partial charge on any atom is 0.338 e. The molecule has 214 valence electrons. The standard InChI is InChI=1S/C29H25Cl2NO9/c30-19-8-5-14(12-20(19)31)11-18(41-29(40)17-7-6-15-3-1-2-4-16(15)13-17)9-10-32-25(33)21-22(26(34)35)24(28(38)39)23(21)27(36)37/h1-8,12-13,18,21-24H,9-11H2,(H,32,33)(H,34,35)(H,36,37)(H,38,39)/t18-,21?,22+,23+,24?/m0/s1. The number of fused-ring (bicyclic) bond motifs is 1. The summed E-state index contributed by atoms with van der Waals surface area (Å²) < 4.78 is 5.78. The number of carboxylic acid groups (broad SMARTS) is 3. The van der Waals surface area contributed by atoms with Gasteiger partial charge in [-0.25, -0.2) is 4.79 Å². The predicted octanol–water partition coefficient (Wildman–Crippen LogP) is 4.15. The molecule has 41 heavy (non-hydrogen) atoms. The van der Waals surface area contributed by atoms with Crippen molar-refractivity contribution in [3.8, 4) is 0 Å². The van der Waals surface area contributed by atoms with Gasteiger partial charge in [-0.05, 0) is 40.6 Å². The maximum atomic E-state index is 13.1. The fourth-order valence-corrected chi connectivity index (χ4v) is 5.46. The Kier molecular flexibility index (Phi) is 9.14. The van der Waals surface area contributed by atoms with Gasteiger partial charge in [0.2, 0.25) is 5.91 Å². The van der Waals surface area contributed by atoms with Gasteiger partial charge in [-0.3, -0.25) is 19.2 Å². The Morgan fingerprint density at radius 3 is 1.98 bits per heavy atom. The first-order valence-electron chi connectivity index (χ1n) is 12.6. The molecule has 3 aromatic carbocycles. The van der Waals surface area contributed by atoms with Crippen molar-refractivity contribution >= 4 is 63.8 Å². The molecule has 1 amide bonds. The van der Waals surface area contributed by atoms with Crippen LogP contribution in [0.4, 0.5) is 0 Å². The highest BCUT2D eigenvalue weighted by molar-refractivity contribution is 6.42. The molecule has 0 radical (unpaired) electrons. The molecule has 3 aromatic rings. The van der Waals surface area contributed by atoms with Gasteiger partial charge in [0.1, 0.15) is 6.10 Å². The van der Waals surface area contributed by atoms with E-state index in [9.17, 15) is 39.3 Å². The Morgan fingerprint density at radius 1 is 0.756 bits per heavy atom. The third-order valence-corrected chi connectivity index (χ3v) is 7.92. The molecule has 0 aliphatic heterocycles. The van der Waals surface area contributed by atoms with Crippen LogP contribution in [0.3, 0.4) is 0 Å². The largest absolute Gasteiger partial charge is 0.481 e. The highest BCUT2D eigenvalue weighted by atomic mass is 35.5. The van der Waals surface area contributed by atoms with Crippen molar-refractivity contribution < 1.29 is 44.0 Å². The molecular weight excluding hydrogens is 577 g/mol. The Hall–Kier alpha value is -4.15. The average Bonchev–Trinajstić information content (AvgIpc) is 2.89. The van der Waals surface area contributed by atoms with Gasteiger partial charge in [0.25, 0.3) is 0 Å². The lowest BCUT2D eigenvalue weighted by Gasteiger charge is -2.43. The highest BCUT2D eigenvalue weighted by Crippen LogP contribution is 2.47. The van der Waals surface area contributed by atoms with Crippen LogP contribution in [0, 0.1) is 23.7 Å². The zero-order chi connectivity index (χ0) is 29.8. The summed E-state index contributed by atoms with van der Waals surface area (Å²) >= 11 is 12.1. The lowest BCUT2D eigenvalue weighted by Crippen LogP contribution is -2.62. The minimum absolute atomic E-state index is 0.0792. The summed E-state index contributed by atoms with van der Waals surface area (Å²) in [5.74, 6) is -12.9. The number of carboxylic acids is 3. The fraction of sp³-hybridized carbons (Fsp3) is 0.276. The number of carbonyl (C=O) groups is 5. The van der Waals surface area contributed by atoms with Crippen molar-refractivity contribution in [2.24, 2.45) is 23.7 Å². The van der Waals surface area contributed by atoms with Gasteiger partial charge >= 0.3 is 23.9 Å². The molecule has 0 unspecified atom stereocenters. The van der Waals surface area contributed by atoms with Gasteiger partial charge in [-0.2, -0.15) is 0 Å². The third kappa shape index (κ3) is 6.61. The van der Waals surface area contributed by atoms with Crippen molar-refractivity contribution in [3.63, 3.8) is 0 Å². The molecule has 0 heterocycles. The number of nitrogens with one attached hydrogen (secondary N) is 1. The van der Waals surface area contributed by atoms with E-state index in [1.807, 2.05) is 24.3 Å². The lowest BCUT2D eigenvalue weighted by molar-refractivity contribution is -0.187. The van der Waals surface area contributed by atoms with E-state index in [0.717, 1.165) is 10.8 Å². The van der Waals surface area contributed by atoms with Crippen molar-refractivity contribution in [3.05, 3.63) is 81.8 Å². The quantitative estimate of drug-likeness (QED) is 0.236.